The summed E-state index contributed by atoms with van der Waals surface area (Å²) in [4.78, 5) is 27.1. The number of halogens is 1. The summed E-state index contributed by atoms with van der Waals surface area (Å²) in [6.07, 6.45) is 0. The molecular formula is C16H23ClN4O3. The van der Waals surface area contributed by atoms with Gasteiger partial charge in [0.15, 0.2) is 0 Å². The minimum Gasteiger partial charge on any atom is -0.496 e. The second-order valence-corrected chi connectivity index (χ2v) is 6.03. The van der Waals surface area contributed by atoms with E-state index in [0.29, 0.717) is 18.1 Å². The van der Waals surface area contributed by atoms with Gasteiger partial charge in [0.05, 0.1) is 20.2 Å². The van der Waals surface area contributed by atoms with Gasteiger partial charge in [0.25, 0.3) is 0 Å². The van der Waals surface area contributed by atoms with E-state index in [9.17, 15) is 9.59 Å². The fourth-order valence-corrected chi connectivity index (χ4v) is 2.82. The van der Waals surface area contributed by atoms with Crippen LogP contribution < -0.4 is 15.8 Å². The number of hydrogen-bond acceptors (Lipinski definition) is 5. The van der Waals surface area contributed by atoms with Crippen LogP contribution in [0, 0.1) is 0 Å². The van der Waals surface area contributed by atoms with E-state index in [0.717, 1.165) is 30.9 Å². The molecule has 1 heterocycles. The van der Waals surface area contributed by atoms with Gasteiger partial charge in [0.2, 0.25) is 11.8 Å². The highest BCUT2D eigenvalue weighted by Gasteiger charge is 2.22. The molecule has 0 unspecified atom stereocenters. The van der Waals surface area contributed by atoms with Crippen LogP contribution in [-0.2, 0) is 16.1 Å². The zero-order valence-corrected chi connectivity index (χ0v) is 14.5. The lowest BCUT2D eigenvalue weighted by Gasteiger charge is -2.35. The first-order valence-corrected chi connectivity index (χ1v) is 8.20. The lowest BCUT2D eigenvalue weighted by molar-refractivity contribution is -0.134. The van der Waals surface area contributed by atoms with Crippen LogP contribution in [0.25, 0.3) is 0 Å². The molecular weight excluding hydrogens is 332 g/mol. The Labute approximate surface area is 146 Å². The van der Waals surface area contributed by atoms with Crippen molar-refractivity contribution in [2.75, 3.05) is 46.4 Å². The van der Waals surface area contributed by atoms with E-state index in [-0.39, 0.29) is 24.9 Å². The molecule has 1 aliphatic rings. The zero-order chi connectivity index (χ0) is 17.5. The van der Waals surface area contributed by atoms with Gasteiger partial charge >= 0.3 is 0 Å². The molecule has 3 N–H and O–H groups in total. The smallest absolute Gasteiger partial charge is 0.242 e. The summed E-state index contributed by atoms with van der Waals surface area (Å²) in [7, 11) is 1.64. The number of piperazine rings is 1. The number of ether oxygens (including phenoxy) is 1. The Morgan fingerprint density at radius 3 is 2.62 bits per heavy atom. The molecule has 0 aromatic heterocycles. The molecule has 8 heteroatoms. The molecule has 7 nitrogen and oxygen atoms in total. The van der Waals surface area contributed by atoms with Crippen molar-refractivity contribution in [1.29, 1.82) is 0 Å². The zero-order valence-electron chi connectivity index (χ0n) is 13.8. The molecule has 1 aromatic rings. The van der Waals surface area contributed by atoms with Crippen molar-refractivity contribution in [3.8, 4) is 5.75 Å². The maximum atomic E-state index is 12.0. The number of methoxy groups -OCH3 is 1. The second-order valence-electron chi connectivity index (χ2n) is 5.59. The molecule has 1 fully saturated rings. The second kappa shape index (κ2) is 8.86. The monoisotopic (exact) mass is 354 g/mol. The third-order valence-electron chi connectivity index (χ3n) is 3.98. The third-order valence-corrected chi connectivity index (χ3v) is 4.22. The number of nitrogens with zero attached hydrogens (tertiary/aromatic N) is 2. The molecule has 0 radical (unpaired) electrons. The van der Waals surface area contributed by atoms with Crippen LogP contribution in [0.3, 0.4) is 0 Å². The summed E-state index contributed by atoms with van der Waals surface area (Å²) >= 11 is 6.06. The van der Waals surface area contributed by atoms with E-state index in [1.54, 1.807) is 18.1 Å². The predicted octanol–water partition coefficient (Wildman–Crippen LogP) is 0.0677. The van der Waals surface area contributed by atoms with Crippen LogP contribution in [0.4, 0.5) is 0 Å². The van der Waals surface area contributed by atoms with Crippen LogP contribution in [0.1, 0.15) is 5.56 Å². The van der Waals surface area contributed by atoms with E-state index >= 15 is 0 Å². The summed E-state index contributed by atoms with van der Waals surface area (Å²) in [6.45, 7) is 3.37. The maximum Gasteiger partial charge on any atom is 0.242 e. The lowest BCUT2D eigenvalue weighted by atomic mass is 10.1. The SMILES string of the molecule is COc1ccc(Cl)cc1CN1CCN(C(=O)CNC(=O)CN)CC1. The minimum atomic E-state index is -0.324. The van der Waals surface area contributed by atoms with E-state index in [4.69, 9.17) is 22.1 Å². The number of benzene rings is 1. The average Bonchev–Trinajstić information content (AvgIpc) is 2.60. The van der Waals surface area contributed by atoms with E-state index in [1.165, 1.54) is 0 Å². The van der Waals surface area contributed by atoms with Crippen molar-refractivity contribution >= 4 is 23.4 Å². The average molecular weight is 355 g/mol. The fraction of sp³-hybridized carbons (Fsp3) is 0.500. The van der Waals surface area contributed by atoms with Crippen LogP contribution in [-0.4, -0.2) is 68.0 Å². The van der Waals surface area contributed by atoms with E-state index in [2.05, 4.69) is 10.2 Å². The highest BCUT2D eigenvalue weighted by atomic mass is 35.5. The number of hydrogen-bond donors (Lipinski definition) is 2. The summed E-state index contributed by atoms with van der Waals surface area (Å²) < 4.78 is 5.37. The Morgan fingerprint density at radius 2 is 2.00 bits per heavy atom. The first kappa shape index (κ1) is 18.5. The highest BCUT2D eigenvalue weighted by molar-refractivity contribution is 6.30. The Balaban J connectivity index is 1.83. The molecule has 0 atom stereocenters. The van der Waals surface area contributed by atoms with Gasteiger partial charge in [0.1, 0.15) is 5.75 Å². The van der Waals surface area contributed by atoms with Crippen molar-refractivity contribution in [3.05, 3.63) is 28.8 Å². The number of nitrogens with two attached hydrogens (primary N) is 1. The van der Waals surface area contributed by atoms with Gasteiger partial charge in [0, 0.05) is 43.3 Å². The number of carbonyl (C=O) groups excluding carboxylic acids is 2. The Morgan fingerprint density at radius 1 is 1.29 bits per heavy atom. The van der Waals surface area contributed by atoms with Crippen molar-refractivity contribution in [2.24, 2.45) is 5.73 Å². The first-order valence-electron chi connectivity index (χ1n) is 7.82. The van der Waals surface area contributed by atoms with Gasteiger partial charge in [-0.3, -0.25) is 14.5 Å². The number of amides is 2. The standard InChI is InChI=1S/C16H23ClN4O3/c1-24-14-3-2-13(17)8-12(14)11-20-4-6-21(7-5-20)16(23)10-19-15(22)9-18/h2-3,8H,4-7,9-11,18H2,1H3,(H,19,22). The molecule has 1 saturated heterocycles. The largest absolute Gasteiger partial charge is 0.496 e. The normalized spacial score (nSPS) is 15.2. The Hall–Kier alpha value is -1.83. The first-order chi connectivity index (χ1) is 11.5. The number of carbonyl (C=O) groups is 2. The fourth-order valence-electron chi connectivity index (χ4n) is 2.63. The molecule has 0 spiro atoms. The van der Waals surface area contributed by atoms with Crippen molar-refractivity contribution in [2.45, 2.75) is 6.54 Å². The van der Waals surface area contributed by atoms with E-state index in [1.807, 2.05) is 12.1 Å². The van der Waals surface area contributed by atoms with Gasteiger partial charge in [-0.15, -0.1) is 0 Å². The Kier molecular flexibility index (Phi) is 6.84. The highest BCUT2D eigenvalue weighted by Crippen LogP contribution is 2.24. The minimum absolute atomic E-state index is 0.00184. The van der Waals surface area contributed by atoms with Gasteiger partial charge in [-0.2, -0.15) is 0 Å². The molecule has 24 heavy (non-hydrogen) atoms. The van der Waals surface area contributed by atoms with Crippen molar-refractivity contribution in [3.63, 3.8) is 0 Å². The third kappa shape index (κ3) is 5.09. The summed E-state index contributed by atoms with van der Waals surface area (Å²) in [5, 5.41) is 3.18. The van der Waals surface area contributed by atoms with Gasteiger partial charge in [-0.1, -0.05) is 11.6 Å². The molecule has 1 aliphatic heterocycles. The lowest BCUT2D eigenvalue weighted by Crippen LogP contribution is -2.51. The van der Waals surface area contributed by atoms with Crippen LogP contribution >= 0.6 is 11.6 Å². The molecule has 2 amide bonds. The van der Waals surface area contributed by atoms with Crippen LogP contribution in [0.2, 0.25) is 5.02 Å². The van der Waals surface area contributed by atoms with Gasteiger partial charge < -0.3 is 20.7 Å². The molecule has 132 valence electrons. The van der Waals surface area contributed by atoms with Gasteiger partial charge in [-0.05, 0) is 18.2 Å². The molecule has 2 rings (SSSR count). The van der Waals surface area contributed by atoms with E-state index < -0.39 is 0 Å². The van der Waals surface area contributed by atoms with Crippen LogP contribution in [0.5, 0.6) is 5.75 Å². The number of nitrogens with one attached hydrogen (secondary N) is 1. The molecule has 0 aliphatic carbocycles. The Bertz CT molecular complexity index is 589. The topological polar surface area (TPSA) is 87.9 Å². The van der Waals surface area contributed by atoms with Gasteiger partial charge in [-0.25, -0.2) is 0 Å². The maximum absolute atomic E-state index is 12.0. The number of rotatable bonds is 6. The predicted molar refractivity (Wildman–Crippen MR) is 91.9 cm³/mol. The molecule has 0 saturated carbocycles. The van der Waals surface area contributed by atoms with Crippen molar-refractivity contribution < 1.29 is 14.3 Å². The van der Waals surface area contributed by atoms with Crippen molar-refractivity contribution in [1.82, 2.24) is 15.1 Å². The van der Waals surface area contributed by atoms with Crippen LogP contribution in [0.15, 0.2) is 18.2 Å². The molecule has 0 bridgehead atoms. The summed E-state index contributed by atoms with van der Waals surface area (Å²) in [6, 6.07) is 5.56. The summed E-state index contributed by atoms with van der Waals surface area (Å²) in [5.74, 6) is 0.397. The quantitative estimate of drug-likeness (QED) is 0.754. The molecule has 1 aromatic carbocycles. The summed E-state index contributed by atoms with van der Waals surface area (Å²) in [5.41, 5.74) is 6.23.